The van der Waals surface area contributed by atoms with Crippen molar-refractivity contribution in [2.45, 2.75) is 30.8 Å². The van der Waals surface area contributed by atoms with Gasteiger partial charge in [-0.3, -0.25) is 9.36 Å². The van der Waals surface area contributed by atoms with E-state index in [0.717, 1.165) is 53.6 Å². The van der Waals surface area contributed by atoms with Gasteiger partial charge in [0.15, 0.2) is 5.16 Å². The van der Waals surface area contributed by atoms with Gasteiger partial charge in [0.1, 0.15) is 5.75 Å². The molecule has 0 radical (unpaired) electrons. The van der Waals surface area contributed by atoms with Gasteiger partial charge in [-0.1, -0.05) is 36.7 Å². The quantitative estimate of drug-likeness (QED) is 0.596. The summed E-state index contributed by atoms with van der Waals surface area (Å²) in [7, 11) is 1.66. The van der Waals surface area contributed by atoms with Crippen LogP contribution < -0.4 is 4.74 Å². The number of aromatic nitrogens is 2. The van der Waals surface area contributed by atoms with Crippen LogP contribution in [0.3, 0.4) is 0 Å². The Kier molecular flexibility index (Phi) is 5.86. The predicted octanol–water partition coefficient (Wildman–Crippen LogP) is 4.53. The molecule has 5 nitrogen and oxygen atoms in total. The Morgan fingerprint density at radius 2 is 1.75 bits per heavy atom. The molecule has 1 amide bonds. The number of carbonyl (C=O) groups is 1. The van der Waals surface area contributed by atoms with E-state index in [1.165, 1.54) is 24.6 Å². The van der Waals surface area contributed by atoms with Crippen molar-refractivity contribution >= 4 is 28.7 Å². The minimum atomic E-state index is 0.209. The maximum Gasteiger partial charge on any atom is 0.233 e. The van der Waals surface area contributed by atoms with Crippen molar-refractivity contribution in [2.75, 3.05) is 26.0 Å². The van der Waals surface area contributed by atoms with E-state index in [1.807, 2.05) is 47.4 Å². The first-order chi connectivity index (χ1) is 13.8. The number of para-hydroxylation sites is 2. The van der Waals surface area contributed by atoms with E-state index in [9.17, 15) is 4.79 Å². The van der Waals surface area contributed by atoms with Gasteiger partial charge in [0.2, 0.25) is 5.91 Å². The van der Waals surface area contributed by atoms with Crippen LogP contribution in [0.5, 0.6) is 5.75 Å². The summed E-state index contributed by atoms with van der Waals surface area (Å²) in [4.78, 5) is 19.5. The zero-order valence-electron chi connectivity index (χ0n) is 16.1. The molecular weight excluding hydrogens is 370 g/mol. The third-order valence-corrected chi connectivity index (χ3v) is 6.07. The normalized spacial score (nSPS) is 14.8. The molecule has 0 N–H and O–H groups in total. The van der Waals surface area contributed by atoms with Gasteiger partial charge < -0.3 is 9.64 Å². The van der Waals surface area contributed by atoms with Crippen LogP contribution in [-0.2, 0) is 4.79 Å². The first-order valence-corrected chi connectivity index (χ1v) is 10.8. The highest BCUT2D eigenvalue weighted by Crippen LogP contribution is 2.29. The first kappa shape index (κ1) is 18.9. The summed E-state index contributed by atoms with van der Waals surface area (Å²) in [6.45, 7) is 1.77. The molecule has 0 atom stereocenters. The van der Waals surface area contributed by atoms with E-state index in [2.05, 4.69) is 10.6 Å². The number of ether oxygens (including phenoxy) is 1. The minimum Gasteiger partial charge on any atom is -0.497 e. The summed E-state index contributed by atoms with van der Waals surface area (Å²) in [5, 5.41) is 0.842. The number of hydrogen-bond donors (Lipinski definition) is 0. The molecule has 1 saturated heterocycles. The number of fused-ring (bicyclic) bond motifs is 1. The van der Waals surface area contributed by atoms with Gasteiger partial charge >= 0.3 is 0 Å². The fourth-order valence-corrected chi connectivity index (χ4v) is 4.55. The number of thioether (sulfide) groups is 1. The Morgan fingerprint density at radius 1 is 1.04 bits per heavy atom. The lowest BCUT2D eigenvalue weighted by atomic mass is 10.2. The average Bonchev–Trinajstić information content (AvgIpc) is 2.90. The number of carbonyl (C=O) groups excluding carboxylic acids is 1. The third kappa shape index (κ3) is 4.02. The minimum absolute atomic E-state index is 0.209. The molecule has 0 unspecified atom stereocenters. The van der Waals surface area contributed by atoms with Gasteiger partial charge in [0, 0.05) is 18.8 Å². The molecule has 2 heterocycles. The number of hydrogen-bond acceptors (Lipinski definition) is 4. The van der Waals surface area contributed by atoms with E-state index in [0.29, 0.717) is 5.75 Å². The summed E-state index contributed by atoms with van der Waals surface area (Å²) in [5.74, 6) is 1.44. The van der Waals surface area contributed by atoms with Gasteiger partial charge in [-0.15, -0.1) is 0 Å². The molecule has 4 rings (SSSR count). The highest BCUT2D eigenvalue weighted by Gasteiger charge is 2.18. The molecule has 1 aromatic heterocycles. The maximum atomic E-state index is 12.7. The molecule has 3 aromatic rings. The Labute approximate surface area is 169 Å². The highest BCUT2D eigenvalue weighted by molar-refractivity contribution is 7.99. The maximum absolute atomic E-state index is 12.7. The number of benzene rings is 2. The van der Waals surface area contributed by atoms with Crippen molar-refractivity contribution in [1.29, 1.82) is 0 Å². The van der Waals surface area contributed by atoms with Gasteiger partial charge in [0.25, 0.3) is 0 Å². The Balaban J connectivity index is 1.60. The molecule has 1 aliphatic rings. The molecule has 1 aliphatic heterocycles. The number of amides is 1. The first-order valence-electron chi connectivity index (χ1n) is 9.79. The molecule has 28 heavy (non-hydrogen) atoms. The summed E-state index contributed by atoms with van der Waals surface area (Å²) < 4.78 is 7.40. The largest absolute Gasteiger partial charge is 0.497 e. The second kappa shape index (κ2) is 8.69. The number of rotatable bonds is 5. The van der Waals surface area contributed by atoms with Gasteiger partial charge in [-0.05, 0) is 49.2 Å². The summed E-state index contributed by atoms with van der Waals surface area (Å²) in [5.41, 5.74) is 2.99. The van der Waals surface area contributed by atoms with Gasteiger partial charge in [-0.2, -0.15) is 0 Å². The predicted molar refractivity (Wildman–Crippen MR) is 113 cm³/mol. The number of imidazole rings is 1. The standard InChI is InChI=1S/C22H25N3O2S/c1-27-18-12-10-17(11-13-18)25-20-9-5-4-8-19(20)23-22(25)28-16-21(26)24-14-6-2-3-7-15-24/h4-5,8-13H,2-3,6-7,14-16H2,1H3. The van der Waals surface area contributed by atoms with Crippen molar-refractivity contribution in [3.05, 3.63) is 48.5 Å². The highest BCUT2D eigenvalue weighted by atomic mass is 32.2. The van der Waals surface area contributed by atoms with Crippen molar-refractivity contribution < 1.29 is 9.53 Å². The van der Waals surface area contributed by atoms with Crippen molar-refractivity contribution in [3.8, 4) is 11.4 Å². The van der Waals surface area contributed by atoms with Crippen LogP contribution in [0.25, 0.3) is 16.7 Å². The molecule has 146 valence electrons. The van der Waals surface area contributed by atoms with Crippen LogP contribution in [0.4, 0.5) is 0 Å². The number of likely N-dealkylation sites (tertiary alicyclic amines) is 1. The van der Waals surface area contributed by atoms with Gasteiger partial charge in [0.05, 0.1) is 23.9 Å². The van der Waals surface area contributed by atoms with E-state index in [1.54, 1.807) is 7.11 Å². The summed E-state index contributed by atoms with van der Waals surface area (Å²) in [6.07, 6.45) is 4.68. The molecule has 6 heteroatoms. The lowest BCUT2D eigenvalue weighted by molar-refractivity contribution is -0.128. The fourth-order valence-electron chi connectivity index (χ4n) is 3.62. The van der Waals surface area contributed by atoms with E-state index >= 15 is 0 Å². The van der Waals surface area contributed by atoms with Crippen LogP contribution in [0.15, 0.2) is 53.7 Å². The van der Waals surface area contributed by atoms with Crippen LogP contribution >= 0.6 is 11.8 Å². The molecule has 0 bridgehead atoms. The number of nitrogens with zero attached hydrogens (tertiary/aromatic N) is 3. The molecule has 0 spiro atoms. The SMILES string of the molecule is COc1ccc(-n2c(SCC(=O)N3CCCCCC3)nc3ccccc32)cc1. The Hall–Kier alpha value is -2.47. The lowest BCUT2D eigenvalue weighted by Gasteiger charge is -2.20. The van der Waals surface area contributed by atoms with Crippen molar-refractivity contribution in [2.24, 2.45) is 0 Å². The third-order valence-electron chi connectivity index (χ3n) is 5.14. The summed E-state index contributed by atoms with van der Waals surface area (Å²) in [6, 6.07) is 16.0. The molecule has 1 fully saturated rings. The van der Waals surface area contributed by atoms with Crippen LogP contribution in [0.2, 0.25) is 0 Å². The Morgan fingerprint density at radius 3 is 2.46 bits per heavy atom. The monoisotopic (exact) mass is 395 g/mol. The second-order valence-corrected chi connectivity index (χ2v) is 7.94. The zero-order chi connectivity index (χ0) is 19.3. The lowest BCUT2D eigenvalue weighted by Crippen LogP contribution is -2.33. The van der Waals surface area contributed by atoms with Crippen molar-refractivity contribution in [3.63, 3.8) is 0 Å². The molecular formula is C22H25N3O2S. The Bertz CT molecular complexity index is 944. The van der Waals surface area contributed by atoms with Crippen LogP contribution in [0, 0.1) is 0 Å². The van der Waals surface area contributed by atoms with E-state index in [4.69, 9.17) is 9.72 Å². The fraction of sp³-hybridized carbons (Fsp3) is 0.364. The topological polar surface area (TPSA) is 47.4 Å². The number of methoxy groups -OCH3 is 1. The average molecular weight is 396 g/mol. The smallest absolute Gasteiger partial charge is 0.233 e. The summed E-state index contributed by atoms with van der Waals surface area (Å²) >= 11 is 1.52. The second-order valence-electron chi connectivity index (χ2n) is 7.00. The van der Waals surface area contributed by atoms with Crippen LogP contribution in [-0.4, -0.2) is 46.3 Å². The van der Waals surface area contributed by atoms with Gasteiger partial charge in [-0.25, -0.2) is 4.98 Å². The molecule has 0 aliphatic carbocycles. The van der Waals surface area contributed by atoms with Crippen LogP contribution in [0.1, 0.15) is 25.7 Å². The molecule has 2 aromatic carbocycles. The van der Waals surface area contributed by atoms with E-state index in [-0.39, 0.29) is 5.91 Å². The van der Waals surface area contributed by atoms with Crippen molar-refractivity contribution in [1.82, 2.24) is 14.5 Å². The molecule has 0 saturated carbocycles. The van der Waals surface area contributed by atoms with E-state index < -0.39 is 0 Å². The zero-order valence-corrected chi connectivity index (χ0v) is 17.0.